The van der Waals surface area contributed by atoms with Crippen molar-refractivity contribution in [3.8, 4) is 0 Å². The van der Waals surface area contributed by atoms with Gasteiger partial charge in [0.1, 0.15) is 0 Å². The molecule has 0 spiro atoms. The Labute approximate surface area is 147 Å². The molecule has 0 unspecified atom stereocenters. The van der Waals surface area contributed by atoms with Crippen molar-refractivity contribution in [2.45, 2.75) is 53.0 Å². The second-order valence-electron chi connectivity index (χ2n) is 7.25. The molecule has 0 heterocycles. The Bertz CT molecular complexity index is 553. The van der Waals surface area contributed by atoms with Gasteiger partial charge >= 0.3 is 0 Å². The average Bonchev–Trinajstić information content (AvgIpc) is 2.50. The first-order valence-electron chi connectivity index (χ1n) is 9.00. The van der Waals surface area contributed by atoms with Gasteiger partial charge in [0, 0.05) is 33.9 Å². The normalized spacial score (nSPS) is 16.6. The Morgan fingerprint density at radius 1 is 1.17 bits per heavy atom. The Hall–Kier alpha value is -1.55. The topological polar surface area (TPSA) is 45.7 Å². The van der Waals surface area contributed by atoms with E-state index in [9.17, 15) is 0 Å². The first-order chi connectivity index (χ1) is 11.5. The van der Waals surface area contributed by atoms with Gasteiger partial charge in [-0.25, -0.2) is 0 Å². The summed E-state index contributed by atoms with van der Waals surface area (Å²) in [6.07, 6.45) is 5.04. The fraction of sp³-hybridized carbons (Fsp3) is 0.650. The fourth-order valence-corrected chi connectivity index (χ4v) is 3.66. The highest BCUT2D eigenvalue weighted by Gasteiger charge is 2.36. The summed E-state index contributed by atoms with van der Waals surface area (Å²) in [6.45, 7) is 9.14. The van der Waals surface area contributed by atoms with Crippen LogP contribution >= 0.6 is 0 Å². The summed E-state index contributed by atoms with van der Waals surface area (Å²) in [5.74, 6) is 0.887. The number of hydrogen-bond donors (Lipinski definition) is 2. The molecule has 4 nitrogen and oxygen atoms in total. The van der Waals surface area contributed by atoms with Gasteiger partial charge in [-0.3, -0.25) is 4.99 Å². The molecule has 0 atom stereocenters. The van der Waals surface area contributed by atoms with Gasteiger partial charge in [0.2, 0.25) is 0 Å². The number of guanidine groups is 1. The van der Waals surface area contributed by atoms with Crippen LogP contribution in [-0.2, 0) is 11.3 Å². The van der Waals surface area contributed by atoms with Gasteiger partial charge in [-0.05, 0) is 62.1 Å². The van der Waals surface area contributed by atoms with Crippen LogP contribution in [-0.4, -0.2) is 33.3 Å². The minimum Gasteiger partial charge on any atom is -0.385 e. The lowest BCUT2D eigenvalue weighted by Crippen LogP contribution is -2.46. The number of methoxy groups -OCH3 is 1. The van der Waals surface area contributed by atoms with Gasteiger partial charge in [-0.15, -0.1) is 0 Å². The van der Waals surface area contributed by atoms with Crippen molar-refractivity contribution < 1.29 is 4.74 Å². The molecule has 1 aromatic carbocycles. The zero-order valence-corrected chi connectivity index (χ0v) is 16.0. The highest BCUT2D eigenvalue weighted by atomic mass is 16.5. The van der Waals surface area contributed by atoms with E-state index in [1.807, 2.05) is 7.05 Å². The van der Waals surface area contributed by atoms with Gasteiger partial charge in [-0.1, -0.05) is 24.1 Å². The zero-order chi connectivity index (χ0) is 17.6. The number of nitrogens with zero attached hydrogens (tertiary/aromatic N) is 1. The van der Waals surface area contributed by atoms with E-state index < -0.39 is 0 Å². The second-order valence-corrected chi connectivity index (χ2v) is 7.25. The number of rotatable bonds is 7. The van der Waals surface area contributed by atoms with Gasteiger partial charge in [0.05, 0.1) is 0 Å². The molecule has 1 saturated carbocycles. The van der Waals surface area contributed by atoms with Crippen LogP contribution < -0.4 is 10.6 Å². The van der Waals surface area contributed by atoms with Crippen molar-refractivity contribution in [2.24, 2.45) is 10.4 Å². The maximum atomic E-state index is 5.27. The van der Waals surface area contributed by atoms with Gasteiger partial charge in [0.25, 0.3) is 0 Å². The molecular formula is C20H33N3O. The molecule has 1 aromatic rings. The average molecular weight is 332 g/mol. The van der Waals surface area contributed by atoms with E-state index in [1.165, 1.54) is 41.5 Å². The van der Waals surface area contributed by atoms with Crippen molar-refractivity contribution >= 4 is 5.96 Å². The Morgan fingerprint density at radius 2 is 1.83 bits per heavy atom. The maximum Gasteiger partial charge on any atom is 0.191 e. The molecule has 1 fully saturated rings. The predicted octanol–water partition coefficient (Wildman–Crippen LogP) is 3.48. The molecule has 1 aliphatic carbocycles. The molecule has 2 N–H and O–H groups in total. The summed E-state index contributed by atoms with van der Waals surface area (Å²) in [5, 5.41) is 7.00. The maximum absolute atomic E-state index is 5.27. The molecule has 134 valence electrons. The Morgan fingerprint density at radius 3 is 2.33 bits per heavy atom. The fourth-order valence-electron chi connectivity index (χ4n) is 3.66. The quantitative estimate of drug-likeness (QED) is 0.594. The number of aliphatic imine (C=N–C) groups is 1. The van der Waals surface area contributed by atoms with Crippen LogP contribution in [0, 0.1) is 26.2 Å². The Balaban J connectivity index is 1.89. The summed E-state index contributed by atoms with van der Waals surface area (Å²) in [5.41, 5.74) is 5.75. The summed E-state index contributed by atoms with van der Waals surface area (Å²) >= 11 is 0. The number of nitrogens with one attached hydrogen (secondary N) is 2. The van der Waals surface area contributed by atoms with Crippen molar-refractivity contribution in [3.63, 3.8) is 0 Å². The molecule has 0 aromatic heterocycles. The van der Waals surface area contributed by atoms with Crippen molar-refractivity contribution in [2.75, 3.05) is 27.3 Å². The first-order valence-corrected chi connectivity index (χ1v) is 9.00. The molecule has 0 aliphatic heterocycles. The predicted molar refractivity (Wildman–Crippen MR) is 102 cm³/mol. The molecule has 0 saturated heterocycles. The summed E-state index contributed by atoms with van der Waals surface area (Å²) < 4.78 is 5.27. The third-order valence-electron chi connectivity index (χ3n) is 5.38. The molecule has 0 bridgehead atoms. The lowest BCUT2D eigenvalue weighted by atomic mass is 9.67. The molecular weight excluding hydrogens is 298 g/mol. The zero-order valence-electron chi connectivity index (χ0n) is 16.0. The van der Waals surface area contributed by atoms with Crippen LogP contribution in [0.5, 0.6) is 0 Å². The minimum absolute atomic E-state index is 0.392. The number of aryl methyl sites for hydroxylation is 3. The number of hydrogen-bond acceptors (Lipinski definition) is 2. The van der Waals surface area contributed by atoms with E-state index in [0.29, 0.717) is 5.41 Å². The van der Waals surface area contributed by atoms with Crippen LogP contribution in [0.2, 0.25) is 0 Å². The van der Waals surface area contributed by atoms with Crippen LogP contribution in [0.15, 0.2) is 17.1 Å². The lowest BCUT2D eigenvalue weighted by molar-refractivity contribution is 0.0732. The monoisotopic (exact) mass is 331 g/mol. The van der Waals surface area contributed by atoms with Crippen LogP contribution in [0.4, 0.5) is 0 Å². The smallest absolute Gasteiger partial charge is 0.191 e. The van der Waals surface area contributed by atoms with E-state index in [2.05, 4.69) is 48.5 Å². The minimum atomic E-state index is 0.392. The molecule has 24 heavy (non-hydrogen) atoms. The van der Waals surface area contributed by atoms with Crippen molar-refractivity contribution in [1.82, 2.24) is 10.6 Å². The second kappa shape index (κ2) is 8.52. The van der Waals surface area contributed by atoms with E-state index in [0.717, 1.165) is 32.1 Å². The van der Waals surface area contributed by atoms with Crippen LogP contribution in [0.25, 0.3) is 0 Å². The third-order valence-corrected chi connectivity index (χ3v) is 5.38. The SMILES string of the molecule is CN=C(NCc1c(C)cc(C)cc1C)NCC1(CCOC)CCC1. The summed E-state index contributed by atoms with van der Waals surface area (Å²) in [7, 11) is 3.62. The van der Waals surface area contributed by atoms with Gasteiger partial charge in [0.15, 0.2) is 5.96 Å². The molecule has 4 heteroatoms. The van der Waals surface area contributed by atoms with Crippen LogP contribution in [0.1, 0.15) is 47.9 Å². The van der Waals surface area contributed by atoms with E-state index in [-0.39, 0.29) is 0 Å². The lowest BCUT2D eigenvalue weighted by Gasteiger charge is -2.42. The van der Waals surface area contributed by atoms with Gasteiger partial charge < -0.3 is 15.4 Å². The summed E-state index contributed by atoms with van der Waals surface area (Å²) in [6, 6.07) is 4.49. The molecule has 2 rings (SSSR count). The van der Waals surface area contributed by atoms with Gasteiger partial charge in [-0.2, -0.15) is 0 Å². The van der Waals surface area contributed by atoms with E-state index >= 15 is 0 Å². The van der Waals surface area contributed by atoms with E-state index in [4.69, 9.17) is 4.74 Å². The summed E-state index contributed by atoms with van der Waals surface area (Å²) in [4.78, 5) is 4.38. The largest absolute Gasteiger partial charge is 0.385 e. The van der Waals surface area contributed by atoms with Crippen LogP contribution in [0.3, 0.4) is 0 Å². The number of ether oxygens (including phenoxy) is 1. The molecule has 1 aliphatic rings. The highest BCUT2D eigenvalue weighted by molar-refractivity contribution is 5.79. The van der Waals surface area contributed by atoms with E-state index in [1.54, 1.807) is 7.11 Å². The Kier molecular flexibility index (Phi) is 6.67. The standard InChI is InChI=1S/C20H33N3O/c1-15-11-16(2)18(17(3)12-15)13-22-19(21-4)23-14-20(7-6-8-20)9-10-24-5/h11-12H,6-10,13-14H2,1-5H3,(H2,21,22,23). The first kappa shape index (κ1) is 18.8. The van der Waals surface area contributed by atoms with Crippen molar-refractivity contribution in [3.05, 3.63) is 34.4 Å². The number of benzene rings is 1. The molecule has 0 radical (unpaired) electrons. The molecule has 0 amide bonds. The highest BCUT2D eigenvalue weighted by Crippen LogP contribution is 2.43. The van der Waals surface area contributed by atoms with Crippen molar-refractivity contribution in [1.29, 1.82) is 0 Å². The third kappa shape index (κ3) is 4.73.